The minimum atomic E-state index is -1.37. The van der Waals surface area contributed by atoms with Gasteiger partial charge in [-0.25, -0.2) is 0 Å². The van der Waals surface area contributed by atoms with Crippen molar-refractivity contribution in [2.45, 2.75) is 46.8 Å². The molecule has 0 spiro atoms. The van der Waals surface area contributed by atoms with Crippen molar-refractivity contribution in [2.75, 3.05) is 0 Å². The van der Waals surface area contributed by atoms with E-state index in [2.05, 4.69) is 172 Å². The molecule has 0 radical (unpaired) electrons. The first kappa shape index (κ1) is 34.3. The van der Waals surface area contributed by atoms with E-state index >= 15 is 0 Å². The molecule has 0 aliphatic heterocycles. The van der Waals surface area contributed by atoms with Gasteiger partial charge in [0, 0.05) is 0 Å². The number of benzene rings is 6. The third-order valence-electron chi connectivity index (χ3n) is 11.5. The molecule has 0 fully saturated rings. The molecule has 2 unspecified atom stereocenters. The third kappa shape index (κ3) is 6.24. The van der Waals surface area contributed by atoms with Crippen molar-refractivity contribution < 1.29 is 32.1 Å². The average molecular weight is 790 g/mol. The molecular formula is C52H42O2Zr. The molecular weight excluding hydrogens is 748 g/mol. The molecule has 2 aliphatic carbocycles. The van der Waals surface area contributed by atoms with Crippen LogP contribution in [0.5, 0.6) is 0 Å². The number of rotatable bonds is 10. The molecule has 2 aromatic heterocycles. The Kier molecular flexibility index (Phi) is 9.00. The zero-order chi connectivity index (χ0) is 36.9. The molecule has 2 heterocycles. The average Bonchev–Trinajstić information content (AvgIpc) is 4.04. The molecule has 2 atom stereocenters. The summed E-state index contributed by atoms with van der Waals surface area (Å²) in [7, 11) is 0. The van der Waals surface area contributed by atoms with Crippen molar-refractivity contribution in [3.05, 3.63) is 191 Å². The fraction of sp³-hybridized carbons (Fsp3) is 0.154. The molecule has 10 rings (SSSR count). The first-order valence-electron chi connectivity index (χ1n) is 19.8. The number of fused-ring (bicyclic) bond motifs is 4. The molecule has 0 bridgehead atoms. The van der Waals surface area contributed by atoms with E-state index in [4.69, 9.17) is 8.83 Å². The summed E-state index contributed by atoms with van der Waals surface area (Å²) in [5.41, 5.74) is 13.3. The van der Waals surface area contributed by atoms with Crippen LogP contribution in [0.15, 0.2) is 154 Å². The zero-order valence-corrected chi connectivity index (χ0v) is 33.8. The van der Waals surface area contributed by atoms with E-state index < -0.39 is 23.2 Å². The van der Waals surface area contributed by atoms with E-state index in [0.717, 1.165) is 48.7 Å². The van der Waals surface area contributed by atoms with Crippen LogP contribution < -0.4 is 0 Å². The van der Waals surface area contributed by atoms with Crippen molar-refractivity contribution in [2.24, 2.45) is 0 Å². The van der Waals surface area contributed by atoms with Crippen LogP contribution in [-0.2, 0) is 36.1 Å². The van der Waals surface area contributed by atoms with Crippen molar-refractivity contribution >= 4 is 44.8 Å². The van der Waals surface area contributed by atoms with Gasteiger partial charge in [0.25, 0.3) is 0 Å². The molecule has 2 nitrogen and oxygen atoms in total. The van der Waals surface area contributed by atoms with Crippen molar-refractivity contribution in [1.82, 2.24) is 0 Å². The van der Waals surface area contributed by atoms with Gasteiger partial charge in [0.05, 0.1) is 0 Å². The predicted molar refractivity (Wildman–Crippen MR) is 225 cm³/mol. The quantitative estimate of drug-likeness (QED) is 0.138. The van der Waals surface area contributed by atoms with Crippen LogP contribution in [0, 0.1) is 0 Å². The summed E-state index contributed by atoms with van der Waals surface area (Å²) >= 11 is -1.37. The number of aryl methyl sites for hydroxylation is 2. The van der Waals surface area contributed by atoms with Gasteiger partial charge < -0.3 is 0 Å². The molecule has 2 aliphatic rings. The molecule has 0 saturated carbocycles. The molecule has 0 amide bonds. The molecule has 8 aromatic rings. The summed E-state index contributed by atoms with van der Waals surface area (Å²) in [6.07, 6.45) is 8.97. The first-order valence-corrected chi connectivity index (χ1v) is 22.6. The summed E-state index contributed by atoms with van der Waals surface area (Å²) in [6, 6.07) is 53.9. The summed E-state index contributed by atoms with van der Waals surface area (Å²) in [5.74, 6) is 4.18. The maximum atomic E-state index is 6.69. The van der Waals surface area contributed by atoms with Crippen LogP contribution in [0.25, 0.3) is 67.1 Å². The number of hydrogen-bond donors (Lipinski definition) is 0. The second kappa shape index (κ2) is 14.4. The summed E-state index contributed by atoms with van der Waals surface area (Å²) in [5, 5.41) is 5.07. The topological polar surface area (TPSA) is 26.3 Å². The van der Waals surface area contributed by atoms with Crippen LogP contribution in [0.2, 0.25) is 0 Å². The summed E-state index contributed by atoms with van der Waals surface area (Å²) in [6.45, 7) is 4.44. The van der Waals surface area contributed by atoms with Gasteiger partial charge in [0.1, 0.15) is 0 Å². The van der Waals surface area contributed by atoms with Gasteiger partial charge in [-0.3, -0.25) is 0 Å². The van der Waals surface area contributed by atoms with Crippen LogP contribution in [0.4, 0.5) is 0 Å². The Morgan fingerprint density at radius 1 is 0.455 bits per heavy atom. The Hall–Kier alpha value is -5.24. The summed E-state index contributed by atoms with van der Waals surface area (Å²) in [4.78, 5) is 0. The van der Waals surface area contributed by atoms with E-state index in [1.54, 1.807) is 0 Å². The SMILES string of the molecule is CCCc1ccc(C2=Cc3c(-c4ccc5ccccc5c4)cccc3[CH]2[Zr][CH]2C(c3ccc(CCC)o3)=Cc3c(-c4ccc5ccccc5c4)cccc32)o1. The Morgan fingerprint density at radius 2 is 0.909 bits per heavy atom. The Bertz CT molecular complexity index is 2600. The third-order valence-corrected chi connectivity index (χ3v) is 16.2. The van der Waals surface area contributed by atoms with E-state index in [9.17, 15) is 0 Å². The monoisotopic (exact) mass is 788 g/mol. The van der Waals surface area contributed by atoms with Crippen molar-refractivity contribution in [3.63, 3.8) is 0 Å². The normalized spacial score (nSPS) is 16.0. The number of hydrogen-bond acceptors (Lipinski definition) is 2. The molecule has 0 saturated heterocycles. The van der Waals surface area contributed by atoms with Gasteiger partial charge in [-0.2, -0.15) is 0 Å². The van der Waals surface area contributed by atoms with Gasteiger partial charge in [0.2, 0.25) is 0 Å². The molecule has 0 N–H and O–H groups in total. The standard InChI is InChI=1S/2C26H21O.Zr/c2*1-2-6-23-13-14-26(27-23)22-16-20-9-5-10-24(25(20)17-22)21-12-11-18-7-3-4-8-19(18)15-21;/h2*3-5,7-17H,2,6H2,1H3;. The predicted octanol–water partition coefficient (Wildman–Crippen LogP) is 14.4. The number of allylic oxidation sites excluding steroid dienone is 2. The first-order chi connectivity index (χ1) is 27.1. The minimum absolute atomic E-state index is 0.299. The van der Waals surface area contributed by atoms with Gasteiger partial charge in [-0.15, -0.1) is 0 Å². The molecule has 55 heavy (non-hydrogen) atoms. The van der Waals surface area contributed by atoms with E-state index in [0.29, 0.717) is 7.25 Å². The van der Waals surface area contributed by atoms with Gasteiger partial charge in [-0.05, 0) is 0 Å². The fourth-order valence-corrected chi connectivity index (χ4v) is 13.7. The summed E-state index contributed by atoms with van der Waals surface area (Å²) < 4.78 is 14.0. The maximum absolute atomic E-state index is 6.69. The zero-order valence-electron chi connectivity index (χ0n) is 31.3. The van der Waals surface area contributed by atoms with Crippen LogP contribution in [0.1, 0.15) is 79.2 Å². The van der Waals surface area contributed by atoms with Crippen LogP contribution in [0.3, 0.4) is 0 Å². The van der Waals surface area contributed by atoms with Gasteiger partial charge in [0.15, 0.2) is 0 Å². The molecule has 266 valence electrons. The van der Waals surface area contributed by atoms with Crippen LogP contribution in [-0.4, -0.2) is 0 Å². The second-order valence-electron chi connectivity index (χ2n) is 15.0. The second-order valence-corrected chi connectivity index (χ2v) is 18.7. The van der Waals surface area contributed by atoms with Crippen molar-refractivity contribution in [3.8, 4) is 22.3 Å². The van der Waals surface area contributed by atoms with Crippen molar-refractivity contribution in [1.29, 1.82) is 0 Å². The van der Waals surface area contributed by atoms with Gasteiger partial charge >= 0.3 is 337 Å². The Labute approximate surface area is 334 Å². The Morgan fingerprint density at radius 3 is 1.36 bits per heavy atom. The van der Waals surface area contributed by atoms with Crippen LogP contribution >= 0.6 is 0 Å². The van der Waals surface area contributed by atoms with E-state index in [1.807, 2.05) is 0 Å². The molecule has 6 aromatic carbocycles. The number of furan rings is 2. The Balaban J connectivity index is 1.12. The van der Waals surface area contributed by atoms with Gasteiger partial charge in [-0.1, -0.05) is 0 Å². The fourth-order valence-electron chi connectivity index (χ4n) is 8.80. The molecule has 3 heteroatoms. The van der Waals surface area contributed by atoms with E-state index in [1.165, 1.54) is 77.2 Å². The van der Waals surface area contributed by atoms with E-state index in [-0.39, 0.29) is 0 Å².